The van der Waals surface area contributed by atoms with E-state index in [0.29, 0.717) is 5.69 Å². The van der Waals surface area contributed by atoms with Crippen molar-refractivity contribution in [1.29, 1.82) is 0 Å². The standard InChI is InChI=1S/C19H19N3O6/c1-11(18(20)24)28-19(25)14-7-5-4-6-13(14)17(23)12-8-9-15(21(2)3)16(10-12)22(26)27/h4-11H,1-3H3,(H2,20,24)/t11-/m1/s1. The minimum Gasteiger partial charge on any atom is -0.449 e. The molecule has 2 aromatic carbocycles. The van der Waals surface area contributed by atoms with Gasteiger partial charge < -0.3 is 15.4 Å². The van der Waals surface area contributed by atoms with Crippen LogP contribution in [0.15, 0.2) is 42.5 Å². The van der Waals surface area contributed by atoms with Gasteiger partial charge in [-0.1, -0.05) is 18.2 Å². The van der Waals surface area contributed by atoms with Gasteiger partial charge in [-0.15, -0.1) is 0 Å². The summed E-state index contributed by atoms with van der Waals surface area (Å²) < 4.78 is 4.96. The molecule has 0 heterocycles. The first-order valence-electron chi connectivity index (χ1n) is 8.23. The lowest BCUT2D eigenvalue weighted by atomic mass is 9.97. The minimum atomic E-state index is -1.17. The zero-order valence-electron chi connectivity index (χ0n) is 15.5. The molecular formula is C19H19N3O6. The van der Waals surface area contributed by atoms with Crippen LogP contribution in [0.25, 0.3) is 0 Å². The molecular weight excluding hydrogens is 366 g/mol. The summed E-state index contributed by atoms with van der Waals surface area (Å²) in [6.07, 6.45) is -1.17. The first-order valence-corrected chi connectivity index (χ1v) is 8.23. The molecule has 0 fully saturated rings. The predicted octanol–water partition coefficient (Wildman–Crippen LogP) is 1.92. The Morgan fingerprint density at radius 2 is 1.71 bits per heavy atom. The fourth-order valence-corrected chi connectivity index (χ4v) is 2.49. The van der Waals surface area contributed by atoms with Crippen LogP contribution in [0.2, 0.25) is 0 Å². The molecule has 2 N–H and O–H groups in total. The fourth-order valence-electron chi connectivity index (χ4n) is 2.49. The van der Waals surface area contributed by atoms with Gasteiger partial charge in [0.2, 0.25) is 0 Å². The van der Waals surface area contributed by atoms with Crippen molar-refractivity contribution >= 4 is 29.0 Å². The third-order valence-electron chi connectivity index (χ3n) is 3.99. The predicted molar refractivity (Wildman–Crippen MR) is 101 cm³/mol. The first kappa shape index (κ1) is 20.6. The molecule has 0 aliphatic carbocycles. The summed E-state index contributed by atoms with van der Waals surface area (Å²) >= 11 is 0. The number of ketones is 1. The number of amides is 1. The van der Waals surface area contributed by atoms with Crippen molar-refractivity contribution in [2.45, 2.75) is 13.0 Å². The van der Waals surface area contributed by atoms with Gasteiger partial charge in [0.25, 0.3) is 11.6 Å². The first-order chi connectivity index (χ1) is 13.1. The lowest BCUT2D eigenvalue weighted by Crippen LogP contribution is -2.30. The van der Waals surface area contributed by atoms with Crippen molar-refractivity contribution in [2.24, 2.45) is 5.73 Å². The van der Waals surface area contributed by atoms with Crippen LogP contribution in [-0.4, -0.2) is 42.8 Å². The zero-order chi connectivity index (χ0) is 21.0. The topological polar surface area (TPSA) is 133 Å². The second kappa shape index (κ2) is 8.30. The lowest BCUT2D eigenvalue weighted by Gasteiger charge is -2.14. The summed E-state index contributed by atoms with van der Waals surface area (Å²) in [7, 11) is 3.30. The molecule has 28 heavy (non-hydrogen) atoms. The number of nitro benzene ring substituents is 1. The second-order valence-electron chi connectivity index (χ2n) is 6.18. The lowest BCUT2D eigenvalue weighted by molar-refractivity contribution is -0.384. The summed E-state index contributed by atoms with van der Waals surface area (Å²) in [6.45, 7) is 1.31. The Hall–Kier alpha value is -3.75. The van der Waals surface area contributed by atoms with E-state index in [-0.39, 0.29) is 22.4 Å². The number of nitro groups is 1. The second-order valence-corrected chi connectivity index (χ2v) is 6.18. The summed E-state index contributed by atoms with van der Waals surface area (Å²) in [5, 5.41) is 11.3. The maximum atomic E-state index is 12.9. The number of nitrogens with two attached hydrogens (primary N) is 1. The van der Waals surface area contributed by atoms with Crippen LogP contribution in [0.5, 0.6) is 0 Å². The van der Waals surface area contributed by atoms with Gasteiger partial charge in [-0.25, -0.2) is 4.79 Å². The number of carbonyl (C=O) groups excluding carboxylic acids is 3. The van der Waals surface area contributed by atoms with Gasteiger partial charge in [-0.05, 0) is 25.1 Å². The van der Waals surface area contributed by atoms with Crippen molar-refractivity contribution in [2.75, 3.05) is 19.0 Å². The van der Waals surface area contributed by atoms with E-state index < -0.39 is 28.7 Å². The molecule has 0 aliphatic heterocycles. The molecule has 0 saturated heterocycles. The average Bonchev–Trinajstić information content (AvgIpc) is 2.66. The van der Waals surface area contributed by atoms with Crippen molar-refractivity contribution in [3.8, 4) is 0 Å². The Labute approximate surface area is 160 Å². The third kappa shape index (κ3) is 4.32. The molecule has 146 valence electrons. The average molecular weight is 385 g/mol. The zero-order valence-corrected chi connectivity index (χ0v) is 15.5. The largest absolute Gasteiger partial charge is 0.449 e. The number of anilines is 1. The summed E-state index contributed by atoms with van der Waals surface area (Å²) in [6, 6.07) is 9.90. The third-order valence-corrected chi connectivity index (χ3v) is 3.99. The monoisotopic (exact) mass is 385 g/mol. The Bertz CT molecular complexity index is 954. The summed E-state index contributed by atoms with van der Waals surface area (Å²) in [5.74, 6) is -2.31. The van der Waals surface area contributed by atoms with E-state index >= 15 is 0 Å². The molecule has 0 bridgehead atoms. The molecule has 0 spiro atoms. The van der Waals surface area contributed by atoms with Gasteiger partial charge in [0.05, 0.1) is 10.5 Å². The molecule has 9 nitrogen and oxygen atoms in total. The van der Waals surface area contributed by atoms with Crippen LogP contribution >= 0.6 is 0 Å². The van der Waals surface area contributed by atoms with E-state index in [4.69, 9.17) is 10.5 Å². The highest BCUT2D eigenvalue weighted by Gasteiger charge is 2.24. The molecule has 0 unspecified atom stereocenters. The number of hydrogen-bond donors (Lipinski definition) is 1. The smallest absolute Gasteiger partial charge is 0.339 e. The van der Waals surface area contributed by atoms with E-state index in [1.807, 2.05) is 0 Å². The van der Waals surface area contributed by atoms with E-state index in [9.17, 15) is 24.5 Å². The summed E-state index contributed by atoms with van der Waals surface area (Å²) in [5.41, 5.74) is 5.15. The van der Waals surface area contributed by atoms with Gasteiger partial charge in [0.1, 0.15) is 5.69 Å². The molecule has 1 atom stereocenters. The maximum absolute atomic E-state index is 12.9. The van der Waals surface area contributed by atoms with Crippen LogP contribution in [0.3, 0.4) is 0 Å². The highest BCUT2D eigenvalue weighted by atomic mass is 16.6. The Morgan fingerprint density at radius 1 is 1.11 bits per heavy atom. The van der Waals surface area contributed by atoms with E-state index in [2.05, 4.69) is 0 Å². The Kier molecular flexibility index (Phi) is 6.09. The fraction of sp³-hybridized carbons (Fsp3) is 0.211. The van der Waals surface area contributed by atoms with Crippen LogP contribution in [0.4, 0.5) is 11.4 Å². The SMILES string of the molecule is C[C@@H](OC(=O)c1ccccc1C(=O)c1ccc(N(C)C)c([N+](=O)[O-])c1)C(N)=O. The van der Waals surface area contributed by atoms with Gasteiger partial charge in [0.15, 0.2) is 11.9 Å². The van der Waals surface area contributed by atoms with Crippen LogP contribution < -0.4 is 10.6 Å². The highest BCUT2D eigenvalue weighted by Crippen LogP contribution is 2.29. The number of primary amides is 1. The minimum absolute atomic E-state index is 0.00364. The van der Waals surface area contributed by atoms with Crippen LogP contribution in [0, 0.1) is 10.1 Å². The number of benzene rings is 2. The van der Waals surface area contributed by atoms with Crippen molar-refractivity contribution in [1.82, 2.24) is 0 Å². The van der Waals surface area contributed by atoms with E-state index in [0.717, 1.165) is 6.07 Å². The molecule has 0 aliphatic rings. The van der Waals surface area contributed by atoms with Crippen molar-refractivity contribution in [3.05, 3.63) is 69.3 Å². The van der Waals surface area contributed by atoms with Gasteiger partial charge in [-0.3, -0.25) is 19.7 Å². The molecule has 2 aromatic rings. The van der Waals surface area contributed by atoms with Gasteiger partial charge >= 0.3 is 5.97 Å². The maximum Gasteiger partial charge on any atom is 0.339 e. The number of nitrogens with zero attached hydrogens (tertiary/aromatic N) is 2. The molecule has 0 saturated carbocycles. The van der Waals surface area contributed by atoms with E-state index in [1.54, 1.807) is 25.1 Å². The molecule has 0 aromatic heterocycles. The number of hydrogen-bond acceptors (Lipinski definition) is 7. The number of rotatable bonds is 7. The molecule has 9 heteroatoms. The van der Waals surface area contributed by atoms with Crippen molar-refractivity contribution in [3.63, 3.8) is 0 Å². The number of esters is 1. The molecule has 0 radical (unpaired) electrons. The van der Waals surface area contributed by atoms with E-state index in [1.165, 1.54) is 37.3 Å². The summed E-state index contributed by atoms with van der Waals surface area (Å²) in [4.78, 5) is 48.7. The molecule has 1 amide bonds. The highest BCUT2D eigenvalue weighted by molar-refractivity contribution is 6.15. The van der Waals surface area contributed by atoms with Crippen molar-refractivity contribution < 1.29 is 24.0 Å². The number of carbonyl (C=O) groups is 3. The quantitative estimate of drug-likeness (QED) is 0.333. The van der Waals surface area contributed by atoms with Gasteiger partial charge in [0, 0.05) is 31.3 Å². The van der Waals surface area contributed by atoms with Crippen LogP contribution in [0.1, 0.15) is 33.2 Å². The molecule has 2 rings (SSSR count). The van der Waals surface area contributed by atoms with Crippen LogP contribution in [-0.2, 0) is 9.53 Å². The van der Waals surface area contributed by atoms with Gasteiger partial charge in [-0.2, -0.15) is 0 Å². The Morgan fingerprint density at radius 3 is 2.25 bits per heavy atom. The Balaban J connectivity index is 2.45. The normalized spacial score (nSPS) is 11.4. The number of ether oxygens (including phenoxy) is 1.